The number of piperidine rings is 1. The van der Waals surface area contributed by atoms with Crippen molar-refractivity contribution < 1.29 is 8.42 Å². The van der Waals surface area contributed by atoms with Crippen molar-refractivity contribution >= 4 is 10.0 Å². The second kappa shape index (κ2) is 7.73. The van der Waals surface area contributed by atoms with Crippen LogP contribution in [0.3, 0.4) is 0 Å². The van der Waals surface area contributed by atoms with Crippen LogP contribution in [0.15, 0.2) is 0 Å². The van der Waals surface area contributed by atoms with Gasteiger partial charge in [-0.05, 0) is 40.0 Å². The zero-order valence-electron chi connectivity index (χ0n) is 13.4. The largest absolute Gasteiger partial charge is 0.313 e. The van der Waals surface area contributed by atoms with Crippen LogP contribution in [-0.2, 0) is 10.0 Å². The summed E-state index contributed by atoms with van der Waals surface area (Å²) in [4.78, 5) is 0. The first-order valence-corrected chi connectivity index (χ1v) is 9.32. The van der Waals surface area contributed by atoms with Crippen molar-refractivity contribution in [3.8, 4) is 0 Å². The minimum absolute atomic E-state index is 0.152. The summed E-state index contributed by atoms with van der Waals surface area (Å²) in [6, 6.07) is 0.449. The number of nitrogens with one attached hydrogen (secondary N) is 2. The standard InChI is InChI=1S/C14H31N3O2S/c1-5-12-20(18,19)17-10-6-13(7-11-17)15-8-9-16-14(2,3)4/h13,15-16H,5-12H2,1-4H3. The van der Waals surface area contributed by atoms with Gasteiger partial charge in [-0.3, -0.25) is 0 Å². The third kappa shape index (κ3) is 6.52. The minimum Gasteiger partial charge on any atom is -0.313 e. The molecular weight excluding hydrogens is 274 g/mol. The SMILES string of the molecule is CCCS(=O)(=O)N1CCC(NCCNC(C)(C)C)CC1. The van der Waals surface area contributed by atoms with Crippen LogP contribution in [0.1, 0.15) is 47.0 Å². The second-order valence-electron chi connectivity index (χ2n) is 6.62. The molecule has 0 aromatic carbocycles. The molecule has 0 bridgehead atoms. The average Bonchev–Trinajstić information content (AvgIpc) is 2.34. The summed E-state index contributed by atoms with van der Waals surface area (Å²) in [5.41, 5.74) is 0.152. The lowest BCUT2D eigenvalue weighted by molar-refractivity contribution is 0.287. The molecule has 0 saturated carbocycles. The van der Waals surface area contributed by atoms with Crippen LogP contribution < -0.4 is 10.6 Å². The van der Waals surface area contributed by atoms with Crippen LogP contribution in [0.4, 0.5) is 0 Å². The predicted octanol–water partition coefficient (Wildman–Crippen LogP) is 1.17. The van der Waals surface area contributed by atoms with Crippen molar-refractivity contribution in [3.63, 3.8) is 0 Å². The van der Waals surface area contributed by atoms with Gasteiger partial charge in [-0.1, -0.05) is 6.92 Å². The molecule has 0 aliphatic carbocycles. The van der Waals surface area contributed by atoms with Gasteiger partial charge in [0.15, 0.2) is 0 Å². The van der Waals surface area contributed by atoms with E-state index in [4.69, 9.17) is 0 Å². The third-order valence-corrected chi connectivity index (χ3v) is 5.60. The van der Waals surface area contributed by atoms with Gasteiger partial charge in [0.25, 0.3) is 0 Å². The van der Waals surface area contributed by atoms with E-state index in [2.05, 4.69) is 31.4 Å². The van der Waals surface area contributed by atoms with Crippen molar-refractivity contribution in [3.05, 3.63) is 0 Å². The highest BCUT2D eigenvalue weighted by molar-refractivity contribution is 7.89. The number of sulfonamides is 1. The van der Waals surface area contributed by atoms with E-state index in [1.54, 1.807) is 4.31 Å². The normalized spacial score (nSPS) is 19.4. The van der Waals surface area contributed by atoms with Crippen molar-refractivity contribution in [2.45, 2.75) is 58.5 Å². The topological polar surface area (TPSA) is 61.4 Å². The van der Waals surface area contributed by atoms with E-state index in [1.807, 2.05) is 6.92 Å². The first-order chi connectivity index (χ1) is 9.24. The highest BCUT2D eigenvalue weighted by Crippen LogP contribution is 2.14. The second-order valence-corrected chi connectivity index (χ2v) is 8.71. The van der Waals surface area contributed by atoms with E-state index >= 15 is 0 Å². The van der Waals surface area contributed by atoms with Gasteiger partial charge in [-0.15, -0.1) is 0 Å². The van der Waals surface area contributed by atoms with Crippen molar-refractivity contribution in [2.24, 2.45) is 0 Å². The van der Waals surface area contributed by atoms with Gasteiger partial charge < -0.3 is 10.6 Å². The minimum atomic E-state index is -3.01. The van der Waals surface area contributed by atoms with Crippen LogP contribution in [0.5, 0.6) is 0 Å². The lowest BCUT2D eigenvalue weighted by atomic mass is 10.1. The van der Waals surface area contributed by atoms with Crippen LogP contribution in [0.2, 0.25) is 0 Å². The molecule has 20 heavy (non-hydrogen) atoms. The lowest BCUT2D eigenvalue weighted by Crippen LogP contribution is -2.47. The predicted molar refractivity (Wildman–Crippen MR) is 84.4 cm³/mol. The summed E-state index contributed by atoms with van der Waals surface area (Å²) in [5.74, 6) is 0.278. The molecule has 120 valence electrons. The van der Waals surface area contributed by atoms with Crippen molar-refractivity contribution in [1.82, 2.24) is 14.9 Å². The zero-order chi connectivity index (χ0) is 15.2. The Hall–Kier alpha value is -0.170. The Morgan fingerprint density at radius 2 is 1.75 bits per heavy atom. The van der Waals surface area contributed by atoms with E-state index in [9.17, 15) is 8.42 Å². The molecule has 6 heteroatoms. The molecule has 1 aliphatic heterocycles. The molecule has 0 spiro atoms. The van der Waals surface area contributed by atoms with Gasteiger partial charge in [0.1, 0.15) is 0 Å². The van der Waals surface area contributed by atoms with E-state index in [-0.39, 0.29) is 11.3 Å². The van der Waals surface area contributed by atoms with Gasteiger partial charge >= 0.3 is 0 Å². The highest BCUT2D eigenvalue weighted by Gasteiger charge is 2.26. The summed E-state index contributed by atoms with van der Waals surface area (Å²) < 4.78 is 25.6. The Labute approximate surface area is 124 Å². The molecular formula is C14H31N3O2S. The molecule has 5 nitrogen and oxygen atoms in total. The quantitative estimate of drug-likeness (QED) is 0.693. The van der Waals surface area contributed by atoms with Crippen LogP contribution >= 0.6 is 0 Å². The van der Waals surface area contributed by atoms with Crippen molar-refractivity contribution in [2.75, 3.05) is 31.9 Å². The molecule has 1 saturated heterocycles. The van der Waals surface area contributed by atoms with Crippen molar-refractivity contribution in [1.29, 1.82) is 0 Å². The zero-order valence-corrected chi connectivity index (χ0v) is 14.2. The van der Waals surface area contributed by atoms with E-state index < -0.39 is 10.0 Å². The van der Waals surface area contributed by atoms with E-state index in [0.29, 0.717) is 25.6 Å². The molecule has 0 aromatic heterocycles. The molecule has 0 amide bonds. The smallest absolute Gasteiger partial charge is 0.214 e. The molecule has 0 atom stereocenters. The maximum absolute atomic E-state index is 12.0. The van der Waals surface area contributed by atoms with Gasteiger partial charge in [0, 0.05) is 37.8 Å². The Morgan fingerprint density at radius 1 is 1.15 bits per heavy atom. The summed E-state index contributed by atoms with van der Waals surface area (Å²) in [6.45, 7) is 11.6. The molecule has 2 N–H and O–H groups in total. The summed E-state index contributed by atoms with van der Waals surface area (Å²) >= 11 is 0. The van der Waals surface area contributed by atoms with E-state index in [0.717, 1.165) is 25.9 Å². The number of hydrogen-bond donors (Lipinski definition) is 2. The Kier molecular flexibility index (Phi) is 6.91. The van der Waals surface area contributed by atoms with Gasteiger partial charge in [0.2, 0.25) is 10.0 Å². The average molecular weight is 305 g/mol. The summed E-state index contributed by atoms with van der Waals surface area (Å²) in [6.07, 6.45) is 2.52. The third-order valence-electron chi connectivity index (χ3n) is 3.52. The molecule has 1 aliphatic rings. The molecule has 1 heterocycles. The number of hydrogen-bond acceptors (Lipinski definition) is 4. The molecule has 0 aromatic rings. The molecule has 1 fully saturated rings. The lowest BCUT2D eigenvalue weighted by Gasteiger charge is -2.32. The summed E-state index contributed by atoms with van der Waals surface area (Å²) in [5, 5.41) is 6.96. The van der Waals surface area contributed by atoms with E-state index in [1.165, 1.54) is 0 Å². The van der Waals surface area contributed by atoms with Crippen LogP contribution in [0.25, 0.3) is 0 Å². The fourth-order valence-electron chi connectivity index (χ4n) is 2.44. The molecule has 0 unspecified atom stereocenters. The molecule has 0 radical (unpaired) electrons. The fraction of sp³-hybridized carbons (Fsp3) is 1.00. The Morgan fingerprint density at radius 3 is 2.25 bits per heavy atom. The van der Waals surface area contributed by atoms with Gasteiger partial charge in [-0.25, -0.2) is 12.7 Å². The first-order valence-electron chi connectivity index (χ1n) is 7.71. The first kappa shape index (κ1) is 17.9. The van der Waals surface area contributed by atoms with Gasteiger partial charge in [-0.2, -0.15) is 0 Å². The van der Waals surface area contributed by atoms with Crippen LogP contribution in [0, 0.1) is 0 Å². The summed E-state index contributed by atoms with van der Waals surface area (Å²) in [7, 11) is -3.01. The monoisotopic (exact) mass is 305 g/mol. The van der Waals surface area contributed by atoms with Gasteiger partial charge in [0.05, 0.1) is 5.75 Å². The molecule has 1 rings (SSSR count). The maximum Gasteiger partial charge on any atom is 0.214 e. The number of rotatable bonds is 7. The Bertz CT molecular complexity index is 368. The van der Waals surface area contributed by atoms with Crippen LogP contribution in [-0.4, -0.2) is 56.2 Å². The Balaban J connectivity index is 2.23. The maximum atomic E-state index is 12.0. The fourth-order valence-corrected chi connectivity index (χ4v) is 3.98. The number of nitrogens with zero attached hydrogens (tertiary/aromatic N) is 1. The highest BCUT2D eigenvalue weighted by atomic mass is 32.2.